The van der Waals surface area contributed by atoms with E-state index in [2.05, 4.69) is 25.9 Å². The van der Waals surface area contributed by atoms with E-state index in [0.717, 1.165) is 17.0 Å². The van der Waals surface area contributed by atoms with Gasteiger partial charge >= 0.3 is 0 Å². The summed E-state index contributed by atoms with van der Waals surface area (Å²) in [7, 11) is 0. The summed E-state index contributed by atoms with van der Waals surface area (Å²) in [6.07, 6.45) is 0. The maximum absolute atomic E-state index is 11.8. The number of aryl methyl sites for hydroxylation is 3. The molecule has 0 fully saturated rings. The van der Waals surface area contributed by atoms with Gasteiger partial charge in [0.2, 0.25) is 0 Å². The lowest BCUT2D eigenvalue weighted by Crippen LogP contribution is -2.32. The highest BCUT2D eigenvalue weighted by molar-refractivity contribution is 5.77. The average Bonchev–Trinajstić information content (AvgIpc) is 3.03. The van der Waals surface area contributed by atoms with E-state index in [9.17, 15) is 4.79 Å². The number of carbonyl (C=O) groups is 1. The number of benzene rings is 1. The largest absolute Gasteiger partial charge is 0.484 e. The average molecular weight is 380 g/mol. The lowest BCUT2D eigenvalue weighted by molar-refractivity contribution is -0.123. The smallest absolute Gasteiger partial charge is 0.258 e. The molecule has 0 saturated carbocycles. The molecule has 8 nitrogen and oxygen atoms in total. The lowest BCUT2D eigenvalue weighted by Gasteiger charge is -2.09. The van der Waals surface area contributed by atoms with Crippen LogP contribution in [0.5, 0.6) is 5.75 Å². The minimum Gasteiger partial charge on any atom is -0.484 e. The van der Waals surface area contributed by atoms with E-state index in [-0.39, 0.29) is 12.5 Å². The molecule has 1 aromatic carbocycles. The summed E-state index contributed by atoms with van der Waals surface area (Å²) in [5.74, 6) is 1.80. The van der Waals surface area contributed by atoms with Gasteiger partial charge in [0.05, 0.1) is 5.69 Å². The highest BCUT2D eigenvalue weighted by Gasteiger charge is 2.06. The first kappa shape index (κ1) is 19.3. The molecule has 3 rings (SSSR count). The molecule has 28 heavy (non-hydrogen) atoms. The quantitative estimate of drug-likeness (QED) is 0.582. The van der Waals surface area contributed by atoms with Crippen molar-refractivity contribution in [2.24, 2.45) is 0 Å². The van der Waals surface area contributed by atoms with E-state index in [0.29, 0.717) is 30.5 Å². The third-order valence-electron chi connectivity index (χ3n) is 4.02. The summed E-state index contributed by atoms with van der Waals surface area (Å²) in [6, 6.07) is 13.2. The van der Waals surface area contributed by atoms with Crippen molar-refractivity contribution in [3.05, 3.63) is 59.4 Å². The maximum atomic E-state index is 11.8. The van der Waals surface area contributed by atoms with Crippen LogP contribution in [0.4, 0.5) is 5.82 Å². The molecule has 3 aromatic rings. The normalized spacial score (nSPS) is 10.5. The molecule has 1 amide bonds. The number of rotatable bonds is 8. The number of nitrogens with one attached hydrogen (secondary N) is 2. The van der Waals surface area contributed by atoms with Gasteiger partial charge < -0.3 is 15.4 Å². The summed E-state index contributed by atoms with van der Waals surface area (Å²) in [6.45, 7) is 6.88. The highest BCUT2D eigenvalue weighted by atomic mass is 16.5. The summed E-state index contributed by atoms with van der Waals surface area (Å²) in [4.78, 5) is 11.8. The number of hydrogen-bond donors (Lipinski definition) is 2. The van der Waals surface area contributed by atoms with E-state index in [4.69, 9.17) is 4.74 Å². The molecule has 0 bridgehead atoms. The Labute approximate surface area is 163 Å². The predicted molar refractivity (Wildman–Crippen MR) is 107 cm³/mol. The summed E-state index contributed by atoms with van der Waals surface area (Å²) >= 11 is 0. The Morgan fingerprint density at radius 3 is 2.46 bits per heavy atom. The second kappa shape index (κ2) is 8.98. The molecule has 2 N–H and O–H groups in total. The fourth-order valence-corrected chi connectivity index (χ4v) is 2.62. The van der Waals surface area contributed by atoms with Crippen LogP contribution in [0.25, 0.3) is 5.82 Å². The number of carbonyl (C=O) groups excluding carboxylic acids is 1. The predicted octanol–water partition coefficient (Wildman–Crippen LogP) is 2.19. The van der Waals surface area contributed by atoms with Gasteiger partial charge in [0.1, 0.15) is 11.6 Å². The second-order valence-corrected chi connectivity index (χ2v) is 6.49. The fraction of sp³-hybridized carbons (Fsp3) is 0.300. The molecule has 0 aliphatic carbocycles. The topological polar surface area (TPSA) is 94.0 Å². The first-order valence-corrected chi connectivity index (χ1v) is 9.09. The van der Waals surface area contributed by atoms with Crippen LogP contribution in [-0.4, -0.2) is 45.6 Å². The van der Waals surface area contributed by atoms with E-state index in [1.165, 1.54) is 0 Å². The summed E-state index contributed by atoms with van der Waals surface area (Å²) < 4.78 is 7.19. The zero-order chi connectivity index (χ0) is 19.9. The van der Waals surface area contributed by atoms with Gasteiger partial charge in [0.15, 0.2) is 12.4 Å². The molecule has 2 heterocycles. The SMILES string of the molecule is Cc1ccc(OCC(=O)NCCNc2ccc(-n3nc(C)cc3C)nn2)cc1. The van der Waals surface area contributed by atoms with Crippen molar-refractivity contribution in [2.75, 3.05) is 25.0 Å². The Hall–Kier alpha value is -3.42. The molecule has 0 aliphatic heterocycles. The lowest BCUT2D eigenvalue weighted by atomic mass is 10.2. The van der Waals surface area contributed by atoms with E-state index < -0.39 is 0 Å². The van der Waals surface area contributed by atoms with Crippen LogP contribution in [0.3, 0.4) is 0 Å². The molecule has 8 heteroatoms. The van der Waals surface area contributed by atoms with Gasteiger partial charge in [-0.3, -0.25) is 4.79 Å². The minimum atomic E-state index is -0.173. The Morgan fingerprint density at radius 2 is 1.82 bits per heavy atom. The number of anilines is 1. The van der Waals surface area contributed by atoms with Gasteiger partial charge in [-0.1, -0.05) is 17.7 Å². The van der Waals surface area contributed by atoms with Crippen molar-refractivity contribution in [2.45, 2.75) is 20.8 Å². The number of hydrogen-bond acceptors (Lipinski definition) is 6. The van der Waals surface area contributed by atoms with Crippen LogP contribution < -0.4 is 15.4 Å². The van der Waals surface area contributed by atoms with Gasteiger partial charge in [0.25, 0.3) is 5.91 Å². The van der Waals surface area contributed by atoms with E-state index in [1.807, 2.05) is 63.2 Å². The molecule has 0 aliphatic rings. The molecule has 2 aromatic heterocycles. The summed E-state index contributed by atoms with van der Waals surface area (Å²) in [5.41, 5.74) is 3.08. The first-order valence-electron chi connectivity index (χ1n) is 9.09. The number of amides is 1. The molecule has 0 spiro atoms. The Balaban J connectivity index is 1.38. The van der Waals surface area contributed by atoms with Gasteiger partial charge in [-0.2, -0.15) is 5.10 Å². The van der Waals surface area contributed by atoms with Crippen molar-refractivity contribution >= 4 is 11.7 Å². The van der Waals surface area contributed by atoms with Gasteiger partial charge in [0, 0.05) is 18.8 Å². The van der Waals surface area contributed by atoms with Gasteiger partial charge in [-0.25, -0.2) is 4.68 Å². The third kappa shape index (κ3) is 5.29. The van der Waals surface area contributed by atoms with Crippen LogP contribution in [0, 0.1) is 20.8 Å². The maximum Gasteiger partial charge on any atom is 0.258 e. The van der Waals surface area contributed by atoms with Crippen LogP contribution in [0.2, 0.25) is 0 Å². The standard InChI is InChI=1S/C20H24N6O2/c1-14-4-6-17(7-5-14)28-13-20(27)22-11-10-21-18-8-9-19(24-23-18)26-16(3)12-15(2)25-26/h4-9,12H,10-11,13H2,1-3H3,(H,21,23)(H,22,27). The number of ether oxygens (including phenoxy) is 1. The van der Waals surface area contributed by atoms with Crippen molar-refractivity contribution in [3.8, 4) is 11.6 Å². The fourth-order valence-electron chi connectivity index (χ4n) is 2.62. The molecule has 0 saturated heterocycles. The Morgan fingerprint density at radius 1 is 1.04 bits per heavy atom. The molecular formula is C20H24N6O2. The second-order valence-electron chi connectivity index (χ2n) is 6.49. The van der Waals surface area contributed by atoms with Gasteiger partial charge in [-0.15, -0.1) is 10.2 Å². The van der Waals surface area contributed by atoms with Crippen LogP contribution in [0.1, 0.15) is 17.0 Å². The molecule has 0 unspecified atom stereocenters. The zero-order valence-electron chi connectivity index (χ0n) is 16.3. The van der Waals surface area contributed by atoms with E-state index >= 15 is 0 Å². The number of aromatic nitrogens is 4. The molecular weight excluding hydrogens is 356 g/mol. The molecule has 0 atom stereocenters. The zero-order valence-corrected chi connectivity index (χ0v) is 16.3. The van der Waals surface area contributed by atoms with Crippen molar-refractivity contribution < 1.29 is 9.53 Å². The summed E-state index contributed by atoms with van der Waals surface area (Å²) in [5, 5.41) is 18.6. The molecule has 146 valence electrons. The van der Waals surface area contributed by atoms with Crippen molar-refractivity contribution in [1.82, 2.24) is 25.3 Å². The Kier molecular flexibility index (Phi) is 6.21. The van der Waals surface area contributed by atoms with Crippen molar-refractivity contribution in [1.29, 1.82) is 0 Å². The van der Waals surface area contributed by atoms with Crippen LogP contribution in [0.15, 0.2) is 42.5 Å². The monoisotopic (exact) mass is 380 g/mol. The highest BCUT2D eigenvalue weighted by Crippen LogP contribution is 2.11. The third-order valence-corrected chi connectivity index (χ3v) is 4.02. The van der Waals surface area contributed by atoms with Crippen LogP contribution in [-0.2, 0) is 4.79 Å². The van der Waals surface area contributed by atoms with Crippen molar-refractivity contribution in [3.63, 3.8) is 0 Å². The van der Waals surface area contributed by atoms with Gasteiger partial charge in [-0.05, 0) is 51.1 Å². The first-order chi connectivity index (χ1) is 13.5. The molecule has 0 radical (unpaired) electrons. The van der Waals surface area contributed by atoms with E-state index in [1.54, 1.807) is 4.68 Å². The van der Waals surface area contributed by atoms with Crippen LogP contribution >= 0.6 is 0 Å². The minimum absolute atomic E-state index is 0.0137. The Bertz CT molecular complexity index is 919. The number of nitrogens with zero attached hydrogens (tertiary/aromatic N) is 4.